The summed E-state index contributed by atoms with van der Waals surface area (Å²) in [5.74, 6) is -1.28. The second-order valence-electron chi connectivity index (χ2n) is 4.84. The van der Waals surface area contributed by atoms with Gasteiger partial charge in [-0.05, 0) is 18.2 Å². The van der Waals surface area contributed by atoms with Gasteiger partial charge in [-0.25, -0.2) is 0 Å². The van der Waals surface area contributed by atoms with Gasteiger partial charge in [0, 0.05) is 16.1 Å². The summed E-state index contributed by atoms with van der Waals surface area (Å²) < 4.78 is 0. The number of hydrogen-bond acceptors (Lipinski definition) is 4. The van der Waals surface area contributed by atoms with E-state index in [1.807, 2.05) is 0 Å². The maximum absolute atomic E-state index is 12.8. The summed E-state index contributed by atoms with van der Waals surface area (Å²) in [6, 6.07) is 12.5. The Morgan fingerprint density at radius 2 is 1.77 bits per heavy atom. The summed E-state index contributed by atoms with van der Waals surface area (Å²) in [4.78, 5) is 30.4. The van der Waals surface area contributed by atoms with Gasteiger partial charge in [-0.3, -0.25) is 14.4 Å². The quantitative estimate of drug-likeness (QED) is 0.923. The molecule has 0 aromatic heterocycles. The van der Waals surface area contributed by atoms with E-state index in [0.717, 1.165) is 0 Å². The van der Waals surface area contributed by atoms with Crippen molar-refractivity contribution in [3.63, 3.8) is 0 Å². The maximum atomic E-state index is 12.8. The van der Waals surface area contributed by atoms with Crippen LogP contribution in [-0.4, -0.2) is 29.0 Å². The number of hydroxylamine groups is 2. The van der Waals surface area contributed by atoms with Gasteiger partial charge >= 0.3 is 0 Å². The average Bonchev–Trinajstić information content (AvgIpc) is 2.54. The van der Waals surface area contributed by atoms with E-state index in [-0.39, 0.29) is 16.7 Å². The molecule has 1 unspecified atom stereocenters. The van der Waals surface area contributed by atoms with Gasteiger partial charge in [0.1, 0.15) is 0 Å². The number of rotatable bonds is 2. The third-order valence-electron chi connectivity index (χ3n) is 3.61. The zero-order chi connectivity index (χ0) is 15.9. The van der Waals surface area contributed by atoms with Crippen LogP contribution in [0.25, 0.3) is 0 Å². The Balaban J connectivity index is 2.27. The number of benzene rings is 2. The van der Waals surface area contributed by atoms with Crippen LogP contribution in [0.2, 0.25) is 5.02 Å². The number of aliphatic hydroxyl groups is 1. The molecule has 1 heterocycles. The Hall–Kier alpha value is -2.21. The molecule has 22 heavy (non-hydrogen) atoms. The predicted octanol–water partition coefficient (Wildman–Crippen LogP) is 2.39. The van der Waals surface area contributed by atoms with Crippen molar-refractivity contribution in [2.75, 3.05) is 7.11 Å². The highest BCUT2D eigenvalue weighted by Gasteiger charge is 2.53. The fraction of sp³-hybridized carbons (Fsp3) is 0.125. The first-order chi connectivity index (χ1) is 10.5. The van der Waals surface area contributed by atoms with Gasteiger partial charge in [0.15, 0.2) is 0 Å². The molecule has 6 heteroatoms. The molecule has 0 saturated carbocycles. The highest BCUT2D eigenvalue weighted by atomic mass is 35.5. The van der Waals surface area contributed by atoms with Gasteiger partial charge in [0.2, 0.25) is 5.78 Å². The molecule has 0 radical (unpaired) electrons. The van der Waals surface area contributed by atoms with E-state index in [4.69, 9.17) is 16.4 Å². The summed E-state index contributed by atoms with van der Waals surface area (Å²) in [5.41, 5.74) is -1.79. The summed E-state index contributed by atoms with van der Waals surface area (Å²) in [5, 5.41) is 12.0. The normalized spacial score (nSPS) is 21.0. The number of fused-ring (bicyclic) bond motifs is 1. The largest absolute Gasteiger partial charge is 0.359 e. The lowest BCUT2D eigenvalue weighted by atomic mass is 9.86. The molecule has 2 aromatic carbocycles. The number of halogens is 1. The topological polar surface area (TPSA) is 66.8 Å². The summed E-state index contributed by atoms with van der Waals surface area (Å²) in [6.45, 7) is 0. The minimum absolute atomic E-state index is 0.0668. The number of Topliss-reactive ketones (excluding diaryl/α,β-unsaturated/α-hetero) is 1. The third-order valence-corrected chi connectivity index (χ3v) is 3.85. The molecule has 0 fully saturated rings. The van der Waals surface area contributed by atoms with Crippen molar-refractivity contribution in [2.45, 2.75) is 5.72 Å². The number of carbonyl (C=O) groups excluding carboxylic acids is 2. The Morgan fingerprint density at radius 3 is 2.41 bits per heavy atom. The molecule has 0 saturated heterocycles. The zero-order valence-electron chi connectivity index (χ0n) is 11.6. The van der Waals surface area contributed by atoms with E-state index < -0.39 is 17.4 Å². The minimum atomic E-state index is -2.23. The van der Waals surface area contributed by atoms with Gasteiger partial charge in [-0.1, -0.05) is 41.9 Å². The van der Waals surface area contributed by atoms with Crippen LogP contribution in [0.3, 0.4) is 0 Å². The average molecular weight is 318 g/mol. The summed E-state index contributed by atoms with van der Waals surface area (Å²) in [7, 11) is 1.22. The lowest BCUT2D eigenvalue weighted by molar-refractivity contribution is -0.227. The monoisotopic (exact) mass is 317 g/mol. The van der Waals surface area contributed by atoms with Crippen LogP contribution in [0.5, 0.6) is 0 Å². The highest BCUT2D eigenvalue weighted by Crippen LogP contribution is 2.37. The van der Waals surface area contributed by atoms with Crippen LogP contribution in [0.15, 0.2) is 48.5 Å². The number of ketones is 1. The Morgan fingerprint density at radius 1 is 1.09 bits per heavy atom. The van der Waals surface area contributed by atoms with Gasteiger partial charge in [0.25, 0.3) is 11.6 Å². The number of nitrogens with zero attached hydrogens (tertiary/aromatic N) is 1. The molecule has 2 aromatic rings. The minimum Gasteiger partial charge on any atom is -0.359 e. The molecule has 1 aliphatic rings. The van der Waals surface area contributed by atoms with Crippen molar-refractivity contribution in [1.82, 2.24) is 5.06 Å². The van der Waals surface area contributed by atoms with Gasteiger partial charge in [-0.15, -0.1) is 0 Å². The Labute approximate surface area is 131 Å². The predicted molar refractivity (Wildman–Crippen MR) is 79.3 cm³/mol. The second kappa shape index (κ2) is 5.21. The van der Waals surface area contributed by atoms with E-state index in [9.17, 15) is 14.7 Å². The van der Waals surface area contributed by atoms with Gasteiger partial charge < -0.3 is 5.11 Å². The van der Waals surface area contributed by atoms with E-state index >= 15 is 0 Å². The van der Waals surface area contributed by atoms with E-state index in [0.29, 0.717) is 10.1 Å². The van der Waals surface area contributed by atoms with Crippen LogP contribution in [-0.2, 0) is 10.6 Å². The number of hydrogen-bond donors (Lipinski definition) is 1. The van der Waals surface area contributed by atoms with Crippen molar-refractivity contribution < 1.29 is 19.5 Å². The molecular weight excluding hydrogens is 306 g/mol. The van der Waals surface area contributed by atoms with Crippen molar-refractivity contribution >= 4 is 23.3 Å². The van der Waals surface area contributed by atoms with E-state index in [1.165, 1.54) is 25.3 Å². The lowest BCUT2D eigenvalue weighted by Crippen LogP contribution is -2.57. The summed E-state index contributed by atoms with van der Waals surface area (Å²) >= 11 is 5.91. The molecule has 112 valence electrons. The van der Waals surface area contributed by atoms with Gasteiger partial charge in [0.05, 0.1) is 12.7 Å². The highest BCUT2D eigenvalue weighted by molar-refractivity contribution is 6.31. The first-order valence-corrected chi connectivity index (χ1v) is 6.89. The number of carbonyl (C=O) groups is 2. The molecule has 1 N–H and O–H groups in total. The fourth-order valence-electron chi connectivity index (χ4n) is 2.56. The molecule has 1 amide bonds. The molecule has 0 spiro atoms. The fourth-order valence-corrected chi connectivity index (χ4v) is 2.73. The Kier molecular flexibility index (Phi) is 3.48. The van der Waals surface area contributed by atoms with Crippen molar-refractivity contribution in [3.8, 4) is 0 Å². The summed E-state index contributed by atoms with van der Waals surface area (Å²) in [6.07, 6.45) is 0. The second-order valence-corrected chi connectivity index (χ2v) is 5.28. The van der Waals surface area contributed by atoms with Crippen molar-refractivity contribution in [3.05, 3.63) is 70.2 Å². The third kappa shape index (κ3) is 1.94. The zero-order valence-corrected chi connectivity index (χ0v) is 12.4. The van der Waals surface area contributed by atoms with Crippen molar-refractivity contribution in [2.24, 2.45) is 0 Å². The Bertz CT molecular complexity index is 762. The van der Waals surface area contributed by atoms with Crippen LogP contribution < -0.4 is 0 Å². The SMILES string of the molecule is CON1C(=O)c2ccc(Cl)cc2C(=O)C1(O)c1ccccc1. The molecule has 1 aliphatic heterocycles. The molecule has 1 atom stereocenters. The molecule has 0 aliphatic carbocycles. The smallest absolute Gasteiger partial charge is 0.281 e. The molecule has 3 rings (SSSR count). The molecular formula is C16H12ClNO4. The van der Waals surface area contributed by atoms with Gasteiger partial charge in [-0.2, -0.15) is 5.06 Å². The van der Waals surface area contributed by atoms with E-state index in [1.54, 1.807) is 30.3 Å². The van der Waals surface area contributed by atoms with E-state index in [2.05, 4.69) is 0 Å². The first kappa shape index (κ1) is 14.7. The van der Waals surface area contributed by atoms with Crippen molar-refractivity contribution in [1.29, 1.82) is 0 Å². The lowest BCUT2D eigenvalue weighted by Gasteiger charge is -2.40. The van der Waals surface area contributed by atoms with Crippen LogP contribution in [0.4, 0.5) is 0 Å². The first-order valence-electron chi connectivity index (χ1n) is 6.51. The molecule has 0 bridgehead atoms. The van der Waals surface area contributed by atoms with Crippen LogP contribution in [0.1, 0.15) is 26.3 Å². The maximum Gasteiger partial charge on any atom is 0.281 e. The van der Waals surface area contributed by atoms with Crippen LogP contribution in [0, 0.1) is 0 Å². The van der Waals surface area contributed by atoms with Crippen LogP contribution >= 0.6 is 11.6 Å². The standard InChI is InChI=1S/C16H12ClNO4/c1-22-18-15(20)12-8-7-11(17)9-13(12)14(19)16(18,21)10-5-3-2-4-6-10/h2-9,21H,1H3. The number of amides is 1. The molecule has 5 nitrogen and oxygen atoms in total.